The molecule has 38 heavy (non-hydrogen) atoms. The molecule has 1 aromatic carbocycles. The fraction of sp³-hybridized carbons (Fsp3) is 0.714. The Morgan fingerprint density at radius 1 is 1.05 bits per heavy atom. The van der Waals surface area contributed by atoms with Gasteiger partial charge >= 0.3 is 12.2 Å². The molecule has 4 saturated heterocycles. The number of carbonyl (C=O) groups excluding carboxylic acids is 2. The summed E-state index contributed by atoms with van der Waals surface area (Å²) < 4.78 is 35.9. The number of carbonyl (C=O) groups is 2. The molecule has 0 N–H and O–H groups in total. The molecule has 1 aromatic rings. The number of hydrogen-bond acceptors (Lipinski definition) is 7. The van der Waals surface area contributed by atoms with E-state index in [4.69, 9.17) is 18.9 Å². The molecule has 0 radical (unpaired) electrons. The molecule has 5 aliphatic rings. The maximum absolute atomic E-state index is 14.4. The zero-order chi connectivity index (χ0) is 26.3. The van der Waals surface area contributed by atoms with Crippen LogP contribution < -0.4 is 4.90 Å². The molecular weight excluding hydrogens is 493 g/mol. The molecule has 10 heteroatoms. The molecule has 0 saturated carbocycles. The molecule has 5 aliphatic heterocycles. The van der Waals surface area contributed by atoms with Crippen molar-refractivity contribution >= 4 is 17.9 Å². The number of rotatable bonds is 5. The average Bonchev–Trinajstić information content (AvgIpc) is 3.60. The second-order valence-electron chi connectivity index (χ2n) is 11.5. The van der Waals surface area contributed by atoms with Crippen molar-refractivity contribution in [2.45, 2.75) is 74.6 Å². The second kappa shape index (κ2) is 10.6. The third-order valence-electron chi connectivity index (χ3n) is 9.36. The Morgan fingerprint density at radius 3 is 2.50 bits per heavy atom. The summed E-state index contributed by atoms with van der Waals surface area (Å²) in [5.74, 6) is -0.272. The Hall–Kier alpha value is -2.43. The first kappa shape index (κ1) is 25.8. The number of hydrogen-bond donors (Lipinski definition) is 0. The van der Waals surface area contributed by atoms with Crippen LogP contribution in [0.5, 0.6) is 0 Å². The molecule has 6 rings (SSSR count). The summed E-state index contributed by atoms with van der Waals surface area (Å²) in [5.41, 5.74) is 1.41. The van der Waals surface area contributed by atoms with Crippen LogP contribution >= 0.6 is 0 Å². The number of likely N-dealkylation sites (tertiary alicyclic amines) is 1. The van der Waals surface area contributed by atoms with Crippen molar-refractivity contribution < 1.29 is 32.9 Å². The van der Waals surface area contributed by atoms with E-state index in [1.54, 1.807) is 24.1 Å². The lowest BCUT2D eigenvalue weighted by molar-refractivity contribution is 0.0194. The molecule has 4 fully saturated rings. The number of halogens is 1. The summed E-state index contributed by atoms with van der Waals surface area (Å²) in [7, 11) is 1.60. The lowest BCUT2D eigenvalue weighted by Gasteiger charge is -2.47. The molecule has 9 nitrogen and oxygen atoms in total. The maximum atomic E-state index is 14.4. The Kier molecular flexibility index (Phi) is 7.22. The van der Waals surface area contributed by atoms with Crippen LogP contribution in [0.1, 0.15) is 50.5 Å². The van der Waals surface area contributed by atoms with Crippen LogP contribution in [0.3, 0.4) is 0 Å². The lowest BCUT2D eigenvalue weighted by atomic mass is 9.73. The minimum atomic E-state index is -0.367. The van der Waals surface area contributed by atoms with Gasteiger partial charge in [0, 0.05) is 43.6 Å². The van der Waals surface area contributed by atoms with Gasteiger partial charge in [0.25, 0.3) is 0 Å². The van der Waals surface area contributed by atoms with Crippen LogP contribution in [0.15, 0.2) is 18.2 Å². The van der Waals surface area contributed by atoms with Gasteiger partial charge in [0.1, 0.15) is 18.5 Å². The van der Waals surface area contributed by atoms with E-state index in [-0.39, 0.29) is 48.2 Å². The highest BCUT2D eigenvalue weighted by Gasteiger charge is 2.50. The van der Waals surface area contributed by atoms with Crippen molar-refractivity contribution in [2.24, 2.45) is 0 Å². The van der Waals surface area contributed by atoms with Crippen LogP contribution in [0.2, 0.25) is 0 Å². The van der Waals surface area contributed by atoms with Gasteiger partial charge in [0.05, 0.1) is 25.5 Å². The predicted molar refractivity (Wildman–Crippen MR) is 137 cm³/mol. The van der Waals surface area contributed by atoms with Gasteiger partial charge in [-0.2, -0.15) is 0 Å². The Balaban J connectivity index is 1.11. The van der Waals surface area contributed by atoms with Gasteiger partial charge in [0.2, 0.25) is 0 Å². The van der Waals surface area contributed by atoms with Crippen LogP contribution in [-0.2, 0) is 24.4 Å². The fourth-order valence-electron chi connectivity index (χ4n) is 7.39. The van der Waals surface area contributed by atoms with Crippen LogP contribution in [0, 0.1) is 5.82 Å². The van der Waals surface area contributed by atoms with E-state index in [1.165, 1.54) is 6.07 Å². The van der Waals surface area contributed by atoms with E-state index in [2.05, 4.69) is 4.90 Å². The van der Waals surface area contributed by atoms with Crippen molar-refractivity contribution in [2.75, 3.05) is 58.1 Å². The van der Waals surface area contributed by atoms with Gasteiger partial charge in [0.15, 0.2) is 0 Å². The largest absolute Gasteiger partial charge is 0.447 e. The second-order valence-corrected chi connectivity index (χ2v) is 11.5. The third-order valence-corrected chi connectivity index (χ3v) is 9.36. The highest BCUT2D eigenvalue weighted by atomic mass is 19.1. The van der Waals surface area contributed by atoms with E-state index in [1.807, 2.05) is 4.90 Å². The van der Waals surface area contributed by atoms with E-state index in [0.717, 1.165) is 62.9 Å². The van der Waals surface area contributed by atoms with Crippen molar-refractivity contribution in [3.05, 3.63) is 29.6 Å². The minimum Gasteiger partial charge on any atom is -0.447 e. The van der Waals surface area contributed by atoms with Gasteiger partial charge in [-0.05, 0) is 75.4 Å². The van der Waals surface area contributed by atoms with Gasteiger partial charge in [-0.1, -0.05) is 0 Å². The van der Waals surface area contributed by atoms with Gasteiger partial charge in [-0.25, -0.2) is 14.0 Å². The summed E-state index contributed by atoms with van der Waals surface area (Å²) in [4.78, 5) is 32.0. The SMILES string of the molecule is COCCOC(=O)N1C2CCC1CC(N1CCC3(CC1)CN(C(=O)O[C@@H]1CCOC1)c1ccc(F)cc13)C2. The first-order valence-corrected chi connectivity index (χ1v) is 14.0. The smallest absolute Gasteiger partial charge is 0.414 e. The number of fused-ring (bicyclic) bond motifs is 4. The number of benzene rings is 1. The fourth-order valence-corrected chi connectivity index (χ4v) is 7.39. The molecule has 5 heterocycles. The molecule has 1 spiro atoms. The molecule has 2 amide bonds. The van der Waals surface area contributed by atoms with Gasteiger partial charge in [-0.15, -0.1) is 0 Å². The number of piperidine rings is 2. The predicted octanol–water partition coefficient (Wildman–Crippen LogP) is 3.68. The summed E-state index contributed by atoms with van der Waals surface area (Å²) in [6.45, 7) is 4.02. The summed E-state index contributed by atoms with van der Waals surface area (Å²) in [5, 5.41) is 0. The number of anilines is 1. The quantitative estimate of drug-likeness (QED) is 0.536. The van der Waals surface area contributed by atoms with E-state index in [0.29, 0.717) is 38.8 Å². The van der Waals surface area contributed by atoms with Gasteiger partial charge < -0.3 is 28.7 Å². The number of ether oxygens (including phenoxy) is 4. The highest BCUT2D eigenvalue weighted by molar-refractivity contribution is 5.91. The normalized spacial score (nSPS) is 30.1. The molecule has 0 aromatic heterocycles. The maximum Gasteiger partial charge on any atom is 0.414 e. The van der Waals surface area contributed by atoms with Crippen LogP contribution in [0.4, 0.5) is 19.7 Å². The summed E-state index contributed by atoms with van der Waals surface area (Å²) >= 11 is 0. The van der Waals surface area contributed by atoms with E-state index < -0.39 is 0 Å². The zero-order valence-electron chi connectivity index (χ0n) is 22.1. The zero-order valence-corrected chi connectivity index (χ0v) is 22.1. The molecule has 2 unspecified atom stereocenters. The number of methoxy groups -OCH3 is 1. The molecule has 3 atom stereocenters. The summed E-state index contributed by atoms with van der Waals surface area (Å²) in [6, 6.07) is 5.62. The molecule has 0 aliphatic carbocycles. The molecule has 2 bridgehead atoms. The van der Waals surface area contributed by atoms with E-state index >= 15 is 0 Å². The molecule has 208 valence electrons. The number of amides is 2. The highest BCUT2D eigenvalue weighted by Crippen LogP contribution is 2.49. The Morgan fingerprint density at radius 2 is 1.82 bits per heavy atom. The topological polar surface area (TPSA) is 80.8 Å². The first-order chi connectivity index (χ1) is 18.5. The average molecular weight is 532 g/mol. The number of nitrogens with zero attached hydrogens (tertiary/aromatic N) is 3. The Labute approximate surface area is 223 Å². The summed E-state index contributed by atoms with van der Waals surface area (Å²) in [6.07, 6.45) is 5.57. The van der Waals surface area contributed by atoms with Crippen LogP contribution in [-0.4, -0.2) is 99.4 Å². The minimum absolute atomic E-state index is 0.216. The monoisotopic (exact) mass is 531 g/mol. The lowest BCUT2D eigenvalue weighted by Crippen LogP contribution is -2.55. The third kappa shape index (κ3) is 4.75. The van der Waals surface area contributed by atoms with Crippen LogP contribution in [0.25, 0.3) is 0 Å². The Bertz CT molecular complexity index is 1030. The van der Waals surface area contributed by atoms with Gasteiger partial charge in [-0.3, -0.25) is 4.90 Å². The van der Waals surface area contributed by atoms with Crippen molar-refractivity contribution in [1.29, 1.82) is 0 Å². The van der Waals surface area contributed by atoms with E-state index in [9.17, 15) is 14.0 Å². The first-order valence-electron chi connectivity index (χ1n) is 14.0. The standard InChI is InChI=1S/C28H38FN3O6/c1-35-12-13-37-27(34)32-20-3-4-21(32)16-22(15-20)30-9-7-28(8-10-30)18-31(25-5-2-19(29)14-24(25)28)26(33)38-23-6-11-36-17-23/h2,5,14,20-23H,3-4,6-13,15-18H2,1H3/t20?,21?,22?,23-/m1/s1. The molecular formula is C28H38FN3O6. The van der Waals surface area contributed by atoms with Crippen molar-refractivity contribution in [3.8, 4) is 0 Å². The van der Waals surface area contributed by atoms with Crippen molar-refractivity contribution in [1.82, 2.24) is 9.80 Å². The van der Waals surface area contributed by atoms with Crippen molar-refractivity contribution in [3.63, 3.8) is 0 Å².